The summed E-state index contributed by atoms with van der Waals surface area (Å²) in [5.74, 6) is 0.113. The lowest BCUT2D eigenvalue weighted by Gasteiger charge is -2.28. The second-order valence-corrected chi connectivity index (χ2v) is 5.73. The van der Waals surface area contributed by atoms with Crippen LogP contribution in [0, 0.1) is 0 Å². The highest BCUT2D eigenvalue weighted by atomic mass is 16.1. The van der Waals surface area contributed by atoms with Crippen LogP contribution < -0.4 is 4.90 Å². The van der Waals surface area contributed by atoms with Crippen LogP contribution in [0.15, 0.2) is 48.5 Å². The highest BCUT2D eigenvalue weighted by Gasteiger charge is 2.10. The van der Waals surface area contributed by atoms with Gasteiger partial charge in [0.15, 0.2) is 5.78 Å². The van der Waals surface area contributed by atoms with Crippen LogP contribution in [-0.2, 0) is 0 Å². The summed E-state index contributed by atoms with van der Waals surface area (Å²) in [4.78, 5) is 13.8. The van der Waals surface area contributed by atoms with E-state index < -0.39 is 0 Å². The van der Waals surface area contributed by atoms with Gasteiger partial charge >= 0.3 is 0 Å². The van der Waals surface area contributed by atoms with Gasteiger partial charge in [-0.15, -0.1) is 0 Å². The number of rotatable bonds is 3. The lowest BCUT2D eigenvalue weighted by atomic mass is 10.0. The molecule has 0 atom stereocenters. The van der Waals surface area contributed by atoms with Crippen LogP contribution >= 0.6 is 0 Å². The van der Waals surface area contributed by atoms with E-state index in [0.717, 1.165) is 11.1 Å². The Bertz CT molecular complexity index is 607. The molecule has 0 aliphatic carbocycles. The molecule has 0 saturated carbocycles. The molecule has 2 aromatic carbocycles. The number of anilines is 1. The van der Waals surface area contributed by atoms with Crippen molar-refractivity contribution in [3.8, 4) is 11.1 Å². The van der Waals surface area contributed by atoms with E-state index in [1.165, 1.54) is 43.6 Å². The van der Waals surface area contributed by atoms with Gasteiger partial charge in [0, 0.05) is 24.3 Å². The molecule has 0 bridgehead atoms. The molecule has 2 heteroatoms. The zero-order valence-electron chi connectivity index (χ0n) is 12.5. The van der Waals surface area contributed by atoms with Crippen molar-refractivity contribution in [1.82, 2.24) is 0 Å². The van der Waals surface area contributed by atoms with Gasteiger partial charge in [-0.25, -0.2) is 0 Å². The monoisotopic (exact) mass is 279 g/mol. The lowest BCUT2D eigenvalue weighted by Crippen LogP contribution is -2.29. The van der Waals surface area contributed by atoms with E-state index in [0.29, 0.717) is 0 Å². The highest BCUT2D eigenvalue weighted by molar-refractivity contribution is 5.94. The molecule has 1 fully saturated rings. The Morgan fingerprint density at radius 2 is 1.33 bits per heavy atom. The zero-order chi connectivity index (χ0) is 14.7. The number of carbonyl (C=O) groups is 1. The fourth-order valence-electron chi connectivity index (χ4n) is 2.91. The number of hydrogen-bond donors (Lipinski definition) is 0. The number of piperidine rings is 1. The molecule has 1 aliphatic rings. The molecule has 1 heterocycles. The summed E-state index contributed by atoms with van der Waals surface area (Å²) in [6.07, 6.45) is 3.96. The lowest BCUT2D eigenvalue weighted by molar-refractivity contribution is 0.101. The highest BCUT2D eigenvalue weighted by Crippen LogP contribution is 2.25. The molecule has 1 aliphatic heterocycles. The van der Waals surface area contributed by atoms with Crippen LogP contribution in [0.2, 0.25) is 0 Å². The summed E-state index contributed by atoms with van der Waals surface area (Å²) in [6, 6.07) is 16.6. The Morgan fingerprint density at radius 1 is 0.810 bits per heavy atom. The minimum Gasteiger partial charge on any atom is -0.372 e. The van der Waals surface area contributed by atoms with Crippen molar-refractivity contribution in [2.24, 2.45) is 0 Å². The molecule has 2 nitrogen and oxygen atoms in total. The Hall–Kier alpha value is -2.09. The molecule has 2 aromatic rings. The number of carbonyl (C=O) groups excluding carboxylic acids is 1. The zero-order valence-corrected chi connectivity index (χ0v) is 12.5. The van der Waals surface area contributed by atoms with Gasteiger partial charge in [0.05, 0.1) is 0 Å². The van der Waals surface area contributed by atoms with Gasteiger partial charge in [0.25, 0.3) is 0 Å². The molecular weight excluding hydrogens is 258 g/mol. The first kappa shape index (κ1) is 13.9. The van der Waals surface area contributed by atoms with Crippen molar-refractivity contribution in [2.45, 2.75) is 26.2 Å². The molecule has 3 rings (SSSR count). The third-order valence-electron chi connectivity index (χ3n) is 4.21. The summed E-state index contributed by atoms with van der Waals surface area (Å²) in [5.41, 5.74) is 4.44. The quantitative estimate of drug-likeness (QED) is 0.768. The molecule has 0 amide bonds. The second-order valence-electron chi connectivity index (χ2n) is 5.73. The molecule has 0 aromatic heterocycles. The van der Waals surface area contributed by atoms with Crippen LogP contribution in [0.25, 0.3) is 11.1 Å². The van der Waals surface area contributed by atoms with Crippen molar-refractivity contribution in [3.63, 3.8) is 0 Å². The van der Waals surface area contributed by atoms with Gasteiger partial charge in [-0.2, -0.15) is 0 Å². The summed E-state index contributed by atoms with van der Waals surface area (Å²) in [6.45, 7) is 3.95. The Labute approximate surface area is 126 Å². The van der Waals surface area contributed by atoms with Gasteiger partial charge in [-0.05, 0) is 49.4 Å². The average Bonchev–Trinajstić information content (AvgIpc) is 2.56. The van der Waals surface area contributed by atoms with E-state index in [2.05, 4.69) is 29.2 Å². The fourth-order valence-corrected chi connectivity index (χ4v) is 2.91. The molecule has 0 spiro atoms. The number of Topliss-reactive ketones (excluding diaryl/α,β-unsaturated/α-hetero) is 1. The molecular formula is C19H21NO. The van der Waals surface area contributed by atoms with Crippen molar-refractivity contribution < 1.29 is 4.79 Å². The first-order valence-electron chi connectivity index (χ1n) is 7.70. The van der Waals surface area contributed by atoms with E-state index in [-0.39, 0.29) is 5.78 Å². The van der Waals surface area contributed by atoms with Crippen LogP contribution in [0.5, 0.6) is 0 Å². The maximum Gasteiger partial charge on any atom is 0.159 e. The van der Waals surface area contributed by atoms with Gasteiger partial charge in [0.2, 0.25) is 0 Å². The SMILES string of the molecule is CC(=O)c1ccc(-c2ccc(N3CCCCC3)cc2)cc1. The number of nitrogens with zero attached hydrogens (tertiary/aromatic N) is 1. The van der Waals surface area contributed by atoms with E-state index in [1.54, 1.807) is 6.92 Å². The topological polar surface area (TPSA) is 20.3 Å². The second kappa shape index (κ2) is 6.13. The predicted octanol–water partition coefficient (Wildman–Crippen LogP) is 4.55. The summed E-state index contributed by atoms with van der Waals surface area (Å²) < 4.78 is 0. The van der Waals surface area contributed by atoms with Crippen LogP contribution in [0.3, 0.4) is 0 Å². The molecule has 1 saturated heterocycles. The van der Waals surface area contributed by atoms with Crippen molar-refractivity contribution in [2.75, 3.05) is 18.0 Å². The number of benzene rings is 2. The maximum atomic E-state index is 11.3. The van der Waals surface area contributed by atoms with Crippen LogP contribution in [-0.4, -0.2) is 18.9 Å². The maximum absolute atomic E-state index is 11.3. The first-order chi connectivity index (χ1) is 10.2. The Morgan fingerprint density at radius 3 is 1.86 bits per heavy atom. The minimum absolute atomic E-state index is 0.113. The molecule has 21 heavy (non-hydrogen) atoms. The standard InChI is InChI=1S/C19H21NO/c1-15(21)16-5-7-17(8-6-16)18-9-11-19(12-10-18)20-13-3-2-4-14-20/h5-12H,2-4,13-14H2,1H3. The van der Waals surface area contributed by atoms with E-state index >= 15 is 0 Å². The summed E-state index contributed by atoms with van der Waals surface area (Å²) >= 11 is 0. The molecule has 0 radical (unpaired) electrons. The van der Waals surface area contributed by atoms with Gasteiger partial charge < -0.3 is 4.90 Å². The largest absolute Gasteiger partial charge is 0.372 e. The molecule has 0 N–H and O–H groups in total. The van der Waals surface area contributed by atoms with Gasteiger partial charge in [-0.1, -0.05) is 36.4 Å². The number of hydrogen-bond acceptors (Lipinski definition) is 2. The molecule has 108 valence electrons. The van der Waals surface area contributed by atoms with Crippen LogP contribution in [0.1, 0.15) is 36.5 Å². The fraction of sp³-hybridized carbons (Fsp3) is 0.316. The first-order valence-corrected chi connectivity index (χ1v) is 7.70. The van der Waals surface area contributed by atoms with Crippen molar-refractivity contribution in [1.29, 1.82) is 0 Å². The Kier molecular flexibility index (Phi) is 4.05. The molecule has 0 unspecified atom stereocenters. The van der Waals surface area contributed by atoms with Crippen molar-refractivity contribution >= 4 is 11.5 Å². The van der Waals surface area contributed by atoms with Gasteiger partial charge in [-0.3, -0.25) is 4.79 Å². The van der Waals surface area contributed by atoms with E-state index in [9.17, 15) is 4.79 Å². The predicted molar refractivity (Wildman–Crippen MR) is 87.9 cm³/mol. The normalized spacial score (nSPS) is 15.0. The van der Waals surface area contributed by atoms with Crippen molar-refractivity contribution in [3.05, 3.63) is 54.1 Å². The summed E-state index contributed by atoms with van der Waals surface area (Å²) in [5, 5.41) is 0. The minimum atomic E-state index is 0.113. The van der Waals surface area contributed by atoms with E-state index in [1.807, 2.05) is 24.3 Å². The van der Waals surface area contributed by atoms with Crippen LogP contribution in [0.4, 0.5) is 5.69 Å². The average molecular weight is 279 g/mol. The smallest absolute Gasteiger partial charge is 0.159 e. The summed E-state index contributed by atoms with van der Waals surface area (Å²) in [7, 11) is 0. The third-order valence-corrected chi connectivity index (χ3v) is 4.21. The van der Waals surface area contributed by atoms with Gasteiger partial charge in [0.1, 0.15) is 0 Å². The number of ketones is 1. The Balaban J connectivity index is 1.78. The third kappa shape index (κ3) is 3.15. The van der Waals surface area contributed by atoms with E-state index in [4.69, 9.17) is 0 Å².